The molecule has 0 atom stereocenters. The van der Waals surface area contributed by atoms with Crippen molar-refractivity contribution in [3.05, 3.63) is 40.7 Å². The molecule has 0 saturated heterocycles. The third kappa shape index (κ3) is 2.82. The monoisotopic (exact) mass is 284 g/mol. The fraction of sp³-hybridized carbons (Fsp3) is 0.500. The number of aromatic nitrogens is 1. The van der Waals surface area contributed by atoms with Crippen molar-refractivity contribution in [2.45, 2.75) is 39.0 Å². The Kier molecular flexibility index (Phi) is 3.75. The quantitative estimate of drug-likeness (QED) is 0.927. The number of pyridine rings is 1. The lowest BCUT2D eigenvalue weighted by Gasteiger charge is -2.34. The molecule has 21 heavy (non-hydrogen) atoms. The fourth-order valence-electron chi connectivity index (χ4n) is 3.45. The van der Waals surface area contributed by atoms with Gasteiger partial charge in [0.15, 0.2) is 0 Å². The first-order valence-corrected chi connectivity index (χ1v) is 7.92. The van der Waals surface area contributed by atoms with Crippen LogP contribution < -0.4 is 10.9 Å². The number of hydrogen-bond acceptors (Lipinski definition) is 2. The Morgan fingerprint density at radius 3 is 2.67 bits per heavy atom. The number of benzene rings is 1. The first kappa shape index (κ1) is 14.2. The smallest absolute Gasteiger partial charge is 0.252 e. The summed E-state index contributed by atoms with van der Waals surface area (Å²) in [5, 5.41) is 4.68. The fourth-order valence-corrected chi connectivity index (χ4v) is 3.45. The lowest BCUT2D eigenvalue weighted by atomic mass is 9.75. The highest BCUT2D eigenvalue weighted by molar-refractivity contribution is 5.91. The number of anilines is 1. The molecular formula is C18H24N2O. The van der Waals surface area contributed by atoms with Crippen LogP contribution in [-0.2, 0) is 7.05 Å². The van der Waals surface area contributed by atoms with Gasteiger partial charge in [0.05, 0.1) is 5.52 Å². The van der Waals surface area contributed by atoms with E-state index in [1.165, 1.54) is 32.1 Å². The summed E-state index contributed by atoms with van der Waals surface area (Å²) in [7, 11) is 1.83. The van der Waals surface area contributed by atoms with Crippen LogP contribution in [0.5, 0.6) is 0 Å². The first-order chi connectivity index (χ1) is 10.1. The minimum Gasteiger partial charge on any atom is -0.384 e. The summed E-state index contributed by atoms with van der Waals surface area (Å²) >= 11 is 0. The Bertz CT molecular complexity index is 696. The molecule has 1 N–H and O–H groups in total. The molecule has 1 aromatic heterocycles. The molecule has 3 heteroatoms. The Morgan fingerprint density at radius 2 is 1.90 bits per heavy atom. The molecule has 3 rings (SSSR count). The molecule has 3 nitrogen and oxygen atoms in total. The number of aryl methyl sites for hydroxylation is 1. The molecule has 0 bridgehead atoms. The molecule has 1 aliphatic rings. The second-order valence-corrected chi connectivity index (χ2v) is 6.70. The Labute approximate surface area is 126 Å². The Hall–Kier alpha value is -1.77. The number of rotatable bonds is 3. The Balaban J connectivity index is 1.90. The van der Waals surface area contributed by atoms with Crippen LogP contribution in [0.4, 0.5) is 5.69 Å². The average Bonchev–Trinajstić information content (AvgIpc) is 2.50. The van der Waals surface area contributed by atoms with Gasteiger partial charge in [0.2, 0.25) is 0 Å². The number of para-hydroxylation sites is 1. The minimum absolute atomic E-state index is 0.0463. The molecule has 0 spiro atoms. The second kappa shape index (κ2) is 5.55. The van der Waals surface area contributed by atoms with E-state index >= 15 is 0 Å². The lowest BCUT2D eigenvalue weighted by molar-refractivity contribution is 0.233. The highest BCUT2D eigenvalue weighted by atomic mass is 16.1. The van der Waals surface area contributed by atoms with E-state index in [-0.39, 0.29) is 5.56 Å². The molecule has 1 saturated carbocycles. The van der Waals surface area contributed by atoms with E-state index in [9.17, 15) is 4.79 Å². The molecular weight excluding hydrogens is 260 g/mol. The third-order valence-electron chi connectivity index (χ3n) is 4.92. The van der Waals surface area contributed by atoms with Gasteiger partial charge in [-0.05, 0) is 24.3 Å². The van der Waals surface area contributed by atoms with Gasteiger partial charge in [-0.1, -0.05) is 44.4 Å². The topological polar surface area (TPSA) is 34.0 Å². The van der Waals surface area contributed by atoms with Crippen molar-refractivity contribution < 1.29 is 0 Å². The summed E-state index contributed by atoms with van der Waals surface area (Å²) in [6.45, 7) is 3.31. The van der Waals surface area contributed by atoms with Gasteiger partial charge in [0.1, 0.15) is 0 Å². The number of hydrogen-bond donors (Lipinski definition) is 1. The van der Waals surface area contributed by atoms with Gasteiger partial charge in [-0.2, -0.15) is 0 Å². The van der Waals surface area contributed by atoms with Gasteiger partial charge < -0.3 is 9.88 Å². The molecule has 1 heterocycles. The van der Waals surface area contributed by atoms with Crippen molar-refractivity contribution in [3.63, 3.8) is 0 Å². The second-order valence-electron chi connectivity index (χ2n) is 6.70. The van der Waals surface area contributed by atoms with E-state index in [0.717, 1.165) is 23.1 Å². The van der Waals surface area contributed by atoms with E-state index in [4.69, 9.17) is 0 Å². The van der Waals surface area contributed by atoms with Crippen molar-refractivity contribution in [1.82, 2.24) is 4.57 Å². The Morgan fingerprint density at radius 1 is 1.19 bits per heavy atom. The molecule has 0 radical (unpaired) electrons. The van der Waals surface area contributed by atoms with Crippen LogP contribution in [0, 0.1) is 5.41 Å². The molecule has 1 aliphatic carbocycles. The van der Waals surface area contributed by atoms with Crippen LogP contribution >= 0.6 is 0 Å². The summed E-state index contributed by atoms with van der Waals surface area (Å²) in [4.78, 5) is 12.1. The predicted molar refractivity (Wildman–Crippen MR) is 88.9 cm³/mol. The normalized spacial score (nSPS) is 17.8. The molecule has 1 fully saturated rings. The molecule has 0 aliphatic heterocycles. The van der Waals surface area contributed by atoms with Crippen molar-refractivity contribution in [2.24, 2.45) is 12.5 Å². The zero-order valence-corrected chi connectivity index (χ0v) is 13.0. The van der Waals surface area contributed by atoms with E-state index < -0.39 is 0 Å². The maximum atomic E-state index is 12.1. The van der Waals surface area contributed by atoms with Crippen LogP contribution in [0.15, 0.2) is 35.1 Å². The zero-order valence-electron chi connectivity index (χ0n) is 13.0. The van der Waals surface area contributed by atoms with Crippen molar-refractivity contribution in [3.8, 4) is 0 Å². The van der Waals surface area contributed by atoms with E-state index in [0.29, 0.717) is 5.41 Å². The molecule has 0 unspecified atom stereocenters. The van der Waals surface area contributed by atoms with Gasteiger partial charge in [-0.15, -0.1) is 0 Å². The van der Waals surface area contributed by atoms with Crippen LogP contribution in [-0.4, -0.2) is 11.1 Å². The standard InChI is InChI=1S/C18H24N2O/c1-18(10-6-3-7-11-18)13-19-15-12-17(21)20(2)16-9-5-4-8-14(15)16/h4-5,8-9,12,19H,3,6-7,10-11,13H2,1-2H3. The summed E-state index contributed by atoms with van der Waals surface area (Å²) in [6, 6.07) is 9.83. The van der Waals surface area contributed by atoms with Crippen molar-refractivity contribution in [2.75, 3.05) is 11.9 Å². The first-order valence-electron chi connectivity index (χ1n) is 7.92. The zero-order chi connectivity index (χ0) is 14.9. The number of nitrogens with zero attached hydrogens (tertiary/aromatic N) is 1. The van der Waals surface area contributed by atoms with E-state index in [2.05, 4.69) is 18.3 Å². The lowest BCUT2D eigenvalue weighted by Crippen LogP contribution is -2.29. The van der Waals surface area contributed by atoms with Gasteiger partial charge in [-0.25, -0.2) is 0 Å². The summed E-state index contributed by atoms with van der Waals surface area (Å²) < 4.78 is 1.71. The van der Waals surface area contributed by atoms with Crippen molar-refractivity contribution in [1.29, 1.82) is 0 Å². The highest BCUT2D eigenvalue weighted by Gasteiger charge is 2.26. The number of fused-ring (bicyclic) bond motifs is 1. The van der Waals surface area contributed by atoms with Crippen LogP contribution in [0.2, 0.25) is 0 Å². The average molecular weight is 284 g/mol. The molecule has 112 valence electrons. The summed E-state index contributed by atoms with van der Waals surface area (Å²) in [5.41, 5.74) is 2.37. The van der Waals surface area contributed by atoms with Crippen molar-refractivity contribution >= 4 is 16.6 Å². The molecule has 0 amide bonds. The van der Waals surface area contributed by atoms with E-state index in [1.54, 1.807) is 10.6 Å². The molecule has 1 aromatic carbocycles. The molecule has 2 aromatic rings. The maximum absolute atomic E-state index is 12.1. The van der Waals surface area contributed by atoms with E-state index in [1.807, 2.05) is 25.2 Å². The summed E-state index contributed by atoms with van der Waals surface area (Å²) in [5.74, 6) is 0. The van der Waals surface area contributed by atoms with Crippen LogP contribution in [0.3, 0.4) is 0 Å². The van der Waals surface area contributed by atoms with Crippen LogP contribution in [0.25, 0.3) is 10.9 Å². The SMILES string of the molecule is Cn1c(=O)cc(NCC2(C)CCCCC2)c2ccccc21. The maximum Gasteiger partial charge on any atom is 0.252 e. The highest BCUT2D eigenvalue weighted by Crippen LogP contribution is 2.36. The summed E-state index contributed by atoms with van der Waals surface area (Å²) in [6.07, 6.45) is 6.58. The predicted octanol–water partition coefficient (Wildman–Crippen LogP) is 3.92. The largest absolute Gasteiger partial charge is 0.384 e. The number of nitrogens with one attached hydrogen (secondary N) is 1. The third-order valence-corrected chi connectivity index (χ3v) is 4.92. The van der Waals surface area contributed by atoms with Gasteiger partial charge in [0.25, 0.3) is 5.56 Å². The minimum atomic E-state index is 0.0463. The van der Waals surface area contributed by atoms with Gasteiger partial charge in [-0.3, -0.25) is 4.79 Å². The van der Waals surface area contributed by atoms with Gasteiger partial charge >= 0.3 is 0 Å². The van der Waals surface area contributed by atoms with Gasteiger partial charge in [0, 0.05) is 30.7 Å². The van der Waals surface area contributed by atoms with Crippen LogP contribution in [0.1, 0.15) is 39.0 Å².